The van der Waals surface area contributed by atoms with Gasteiger partial charge in [-0.05, 0) is 51.0 Å². The molecule has 2 aliphatic heterocycles. The van der Waals surface area contributed by atoms with Gasteiger partial charge in [0.05, 0.1) is 0 Å². The van der Waals surface area contributed by atoms with E-state index in [1.54, 1.807) is 0 Å². The van der Waals surface area contributed by atoms with Gasteiger partial charge in [-0.15, -0.1) is 0 Å². The van der Waals surface area contributed by atoms with Crippen molar-refractivity contribution >= 4 is 11.9 Å². The zero-order valence-corrected chi connectivity index (χ0v) is 17.0. The van der Waals surface area contributed by atoms with Crippen LogP contribution in [0.2, 0.25) is 0 Å². The van der Waals surface area contributed by atoms with E-state index in [4.69, 9.17) is 9.90 Å². The number of nitrogens with zero attached hydrogens (tertiary/aromatic N) is 4. The molecule has 7 nitrogen and oxygen atoms in total. The first-order valence-corrected chi connectivity index (χ1v) is 9.56. The topological polar surface area (TPSA) is 69.0 Å². The molecule has 0 aromatic carbocycles. The van der Waals surface area contributed by atoms with Crippen molar-refractivity contribution in [3.8, 4) is 0 Å². The number of carbonyl (C=O) groups is 2. The fraction of sp³-hybridized carbons (Fsp3) is 0.684. The number of halogens is 3. The van der Waals surface area contributed by atoms with Gasteiger partial charge >= 0.3 is 12.1 Å². The normalized spacial score (nSPS) is 22.2. The predicted molar refractivity (Wildman–Crippen MR) is 102 cm³/mol. The van der Waals surface area contributed by atoms with Crippen molar-refractivity contribution in [1.29, 1.82) is 0 Å². The molecular weight excluding hydrogens is 389 g/mol. The van der Waals surface area contributed by atoms with E-state index in [1.165, 1.54) is 13.0 Å². The average Bonchev–Trinajstić information content (AvgIpc) is 3.24. The van der Waals surface area contributed by atoms with Gasteiger partial charge in [0.15, 0.2) is 0 Å². The Kier molecular flexibility index (Phi) is 7.70. The van der Waals surface area contributed by atoms with Crippen molar-refractivity contribution in [2.24, 2.45) is 18.9 Å². The van der Waals surface area contributed by atoms with Crippen LogP contribution in [-0.2, 0) is 11.8 Å². The van der Waals surface area contributed by atoms with Gasteiger partial charge in [-0.3, -0.25) is 4.79 Å². The second-order valence-electron chi connectivity index (χ2n) is 7.93. The minimum absolute atomic E-state index is 0.196. The lowest BCUT2D eigenvalue weighted by atomic mass is 9.89. The number of rotatable bonds is 4. The van der Waals surface area contributed by atoms with Crippen molar-refractivity contribution in [3.05, 3.63) is 24.0 Å². The third-order valence-electron chi connectivity index (χ3n) is 5.44. The van der Waals surface area contributed by atoms with Gasteiger partial charge in [-0.2, -0.15) is 13.2 Å². The first-order valence-electron chi connectivity index (χ1n) is 9.56. The van der Waals surface area contributed by atoms with E-state index < -0.39 is 12.1 Å². The summed E-state index contributed by atoms with van der Waals surface area (Å²) in [5.74, 6) is -1.21. The molecule has 2 fully saturated rings. The minimum Gasteiger partial charge on any atom is -0.475 e. The third-order valence-corrected chi connectivity index (χ3v) is 5.44. The first-order chi connectivity index (χ1) is 13.5. The minimum atomic E-state index is -5.08. The molecule has 0 radical (unpaired) electrons. The molecule has 2 atom stereocenters. The van der Waals surface area contributed by atoms with E-state index in [2.05, 4.69) is 28.8 Å². The van der Waals surface area contributed by atoms with Gasteiger partial charge < -0.3 is 24.4 Å². The zero-order valence-electron chi connectivity index (χ0n) is 17.0. The van der Waals surface area contributed by atoms with Crippen LogP contribution in [0.15, 0.2) is 18.3 Å². The molecule has 1 aromatic heterocycles. The van der Waals surface area contributed by atoms with E-state index in [1.807, 2.05) is 29.9 Å². The van der Waals surface area contributed by atoms with Gasteiger partial charge in [-0.25, -0.2) is 4.79 Å². The lowest BCUT2D eigenvalue weighted by molar-refractivity contribution is -0.192. The fourth-order valence-corrected chi connectivity index (χ4v) is 3.80. The summed E-state index contributed by atoms with van der Waals surface area (Å²) in [5.41, 5.74) is 0.808. The summed E-state index contributed by atoms with van der Waals surface area (Å²) in [6, 6.07) is 3.87. The molecule has 0 aliphatic carbocycles. The van der Waals surface area contributed by atoms with E-state index >= 15 is 0 Å². The number of alkyl halides is 3. The highest BCUT2D eigenvalue weighted by Crippen LogP contribution is 2.31. The number of hydrogen-bond acceptors (Lipinski definition) is 4. The Hall–Kier alpha value is -2.07. The lowest BCUT2D eigenvalue weighted by Crippen LogP contribution is -2.42. The number of likely N-dealkylation sites (tertiary alicyclic amines) is 2. The second kappa shape index (κ2) is 9.62. The van der Waals surface area contributed by atoms with Gasteiger partial charge in [-0.1, -0.05) is 0 Å². The number of aliphatic carboxylic acids is 1. The van der Waals surface area contributed by atoms with Gasteiger partial charge in [0.2, 0.25) is 0 Å². The van der Waals surface area contributed by atoms with E-state index in [0.717, 1.165) is 38.4 Å². The van der Waals surface area contributed by atoms with E-state index in [9.17, 15) is 18.0 Å². The Labute approximate surface area is 168 Å². The van der Waals surface area contributed by atoms with E-state index in [0.29, 0.717) is 11.8 Å². The van der Waals surface area contributed by atoms with Crippen LogP contribution in [0.1, 0.15) is 16.9 Å². The average molecular weight is 418 g/mol. The maximum Gasteiger partial charge on any atom is 0.490 e. The Balaban J connectivity index is 0.000000370. The van der Waals surface area contributed by atoms with Gasteiger partial charge in [0.1, 0.15) is 5.69 Å². The van der Waals surface area contributed by atoms with Crippen LogP contribution in [0.4, 0.5) is 13.2 Å². The number of aromatic nitrogens is 1. The molecule has 2 aliphatic rings. The van der Waals surface area contributed by atoms with Crippen LogP contribution in [-0.4, -0.2) is 95.8 Å². The molecule has 29 heavy (non-hydrogen) atoms. The maximum atomic E-state index is 12.7. The Morgan fingerprint density at radius 3 is 2.34 bits per heavy atom. The highest BCUT2D eigenvalue weighted by Gasteiger charge is 2.39. The molecule has 2 saturated heterocycles. The van der Waals surface area contributed by atoms with Crippen LogP contribution < -0.4 is 0 Å². The van der Waals surface area contributed by atoms with Crippen molar-refractivity contribution in [1.82, 2.24) is 19.3 Å². The summed E-state index contributed by atoms with van der Waals surface area (Å²) in [5, 5.41) is 7.12. The van der Waals surface area contributed by atoms with Crippen molar-refractivity contribution in [2.45, 2.75) is 12.6 Å². The summed E-state index contributed by atoms with van der Waals surface area (Å²) >= 11 is 0. The maximum absolute atomic E-state index is 12.7. The van der Waals surface area contributed by atoms with Crippen molar-refractivity contribution < 1.29 is 27.9 Å². The number of carboxylic acid groups (broad SMARTS) is 1. The predicted octanol–water partition coefficient (Wildman–Crippen LogP) is 1.61. The number of hydrogen-bond donors (Lipinski definition) is 1. The smallest absolute Gasteiger partial charge is 0.475 e. The van der Waals surface area contributed by atoms with Crippen LogP contribution in [0.25, 0.3) is 0 Å². The molecule has 3 rings (SSSR count). The molecule has 0 unspecified atom stereocenters. The Bertz CT molecular complexity index is 705. The molecule has 10 heteroatoms. The number of aryl methyl sites for hydroxylation is 1. The molecule has 0 saturated carbocycles. The Morgan fingerprint density at radius 1 is 1.21 bits per heavy atom. The lowest BCUT2D eigenvalue weighted by Gasteiger charge is -2.34. The van der Waals surface area contributed by atoms with Crippen LogP contribution in [0, 0.1) is 11.8 Å². The van der Waals surface area contributed by atoms with Crippen molar-refractivity contribution in [3.63, 3.8) is 0 Å². The molecule has 1 aromatic rings. The molecule has 1 amide bonds. The van der Waals surface area contributed by atoms with Crippen LogP contribution >= 0.6 is 0 Å². The zero-order chi connectivity index (χ0) is 21.8. The fourth-order valence-electron chi connectivity index (χ4n) is 3.80. The number of piperidine rings is 1. The number of fused-ring (bicyclic) bond motifs is 1. The van der Waals surface area contributed by atoms with Crippen molar-refractivity contribution in [2.75, 3.05) is 53.4 Å². The van der Waals surface area contributed by atoms with E-state index in [-0.39, 0.29) is 5.91 Å². The Morgan fingerprint density at radius 2 is 1.83 bits per heavy atom. The summed E-state index contributed by atoms with van der Waals surface area (Å²) in [6.07, 6.45) is -1.91. The monoisotopic (exact) mass is 418 g/mol. The molecule has 164 valence electrons. The largest absolute Gasteiger partial charge is 0.490 e. The summed E-state index contributed by atoms with van der Waals surface area (Å²) in [4.78, 5) is 28.4. The van der Waals surface area contributed by atoms with Gasteiger partial charge in [0, 0.05) is 46.0 Å². The number of carboxylic acids is 1. The third kappa shape index (κ3) is 6.46. The molecule has 3 heterocycles. The number of carbonyl (C=O) groups excluding carboxylic acids is 1. The molecule has 0 spiro atoms. The van der Waals surface area contributed by atoms with Gasteiger partial charge in [0.25, 0.3) is 5.91 Å². The first kappa shape index (κ1) is 23.2. The number of amides is 1. The summed E-state index contributed by atoms with van der Waals surface area (Å²) in [7, 11) is 6.20. The standard InChI is InChI=1S/C17H28N4O.C2HF3O2/c1-18(2)9-10-20-8-6-14-12-21(13-15(14)11-20)17(22)16-5-4-7-19(16)3;3-2(4,5)1(6)7/h4-5,7,14-15H,6,8-13H2,1-3H3;(H,6,7)/t14-,15+;/m0./s1. The summed E-state index contributed by atoms with van der Waals surface area (Å²) in [6.45, 7) is 6.45. The van der Waals surface area contributed by atoms with Crippen LogP contribution in [0.5, 0.6) is 0 Å². The second-order valence-corrected chi connectivity index (χ2v) is 7.93. The molecule has 0 bridgehead atoms. The molecular formula is C19H29F3N4O3. The highest BCUT2D eigenvalue weighted by molar-refractivity contribution is 5.93. The number of likely N-dealkylation sites (N-methyl/N-ethyl adjacent to an activating group) is 1. The summed E-state index contributed by atoms with van der Waals surface area (Å²) < 4.78 is 33.7. The highest BCUT2D eigenvalue weighted by atomic mass is 19.4. The quantitative estimate of drug-likeness (QED) is 0.805. The molecule has 1 N–H and O–H groups in total. The van der Waals surface area contributed by atoms with Crippen LogP contribution in [0.3, 0.4) is 0 Å². The SMILES string of the molecule is CN(C)CCN1CC[C@H]2CN(C(=O)c3cccn3C)C[C@H]2C1.O=C(O)C(F)(F)F.